The number of hydrogen-bond donors (Lipinski definition) is 1. The lowest BCUT2D eigenvalue weighted by Gasteiger charge is -2.27. The first kappa shape index (κ1) is 16.7. The molecule has 0 aromatic carbocycles. The van der Waals surface area contributed by atoms with Crippen LogP contribution in [0.25, 0.3) is 0 Å². The second-order valence-corrected chi connectivity index (χ2v) is 6.37. The zero-order valence-electron chi connectivity index (χ0n) is 13.6. The van der Waals surface area contributed by atoms with Crippen LogP contribution < -0.4 is 5.69 Å². The monoisotopic (exact) mass is 307 g/mol. The molecule has 1 aromatic rings. The van der Waals surface area contributed by atoms with Crippen LogP contribution in [-0.2, 0) is 11.2 Å². The highest BCUT2D eigenvalue weighted by Gasteiger charge is 2.21. The fraction of sp³-hybridized carbons (Fsp3) is 0.688. The molecular weight excluding hydrogens is 282 g/mol. The first-order chi connectivity index (χ1) is 10.5. The number of amides is 1. The van der Waals surface area contributed by atoms with Crippen LogP contribution in [0.2, 0.25) is 0 Å². The maximum Gasteiger partial charge on any atom is 0.345 e. The Balaban J connectivity index is 2.07. The molecule has 0 bridgehead atoms. The fourth-order valence-corrected chi connectivity index (χ4v) is 2.70. The van der Waals surface area contributed by atoms with Crippen molar-refractivity contribution in [3.05, 3.63) is 27.9 Å². The molecular formula is C16H25N3O3. The molecule has 1 amide bonds. The summed E-state index contributed by atoms with van der Waals surface area (Å²) >= 11 is 0. The number of ether oxygens (including phenoxy) is 1. The van der Waals surface area contributed by atoms with E-state index in [2.05, 4.69) is 23.8 Å². The quantitative estimate of drug-likeness (QED) is 0.896. The highest BCUT2D eigenvalue weighted by atomic mass is 16.5. The van der Waals surface area contributed by atoms with Gasteiger partial charge in [0, 0.05) is 25.9 Å². The third kappa shape index (κ3) is 4.66. The van der Waals surface area contributed by atoms with E-state index >= 15 is 0 Å². The number of rotatable bonds is 5. The van der Waals surface area contributed by atoms with Gasteiger partial charge in [0.15, 0.2) is 0 Å². The van der Waals surface area contributed by atoms with Crippen molar-refractivity contribution in [1.82, 2.24) is 14.9 Å². The second kappa shape index (κ2) is 7.54. The lowest BCUT2D eigenvalue weighted by molar-refractivity contribution is -0.000300. The third-order valence-electron chi connectivity index (χ3n) is 3.75. The standard InChI is InChI=1S/C16H25N3O3/c1-11(2)8-12-9-14(18-16(21)17-12)15(20)19(3)10-13-6-4-5-7-22-13/h9,11,13H,4-8,10H2,1-3H3,(H,17,18,21)/t13-/m1/s1. The van der Waals surface area contributed by atoms with E-state index in [4.69, 9.17) is 4.74 Å². The molecule has 122 valence electrons. The number of nitrogens with zero attached hydrogens (tertiary/aromatic N) is 2. The summed E-state index contributed by atoms with van der Waals surface area (Å²) in [7, 11) is 1.73. The van der Waals surface area contributed by atoms with Gasteiger partial charge in [0.25, 0.3) is 5.91 Å². The number of carbonyl (C=O) groups is 1. The summed E-state index contributed by atoms with van der Waals surface area (Å²) in [5, 5.41) is 0. The van der Waals surface area contributed by atoms with Crippen molar-refractivity contribution in [2.24, 2.45) is 5.92 Å². The van der Waals surface area contributed by atoms with Crippen LogP contribution in [-0.4, -0.2) is 47.1 Å². The Morgan fingerprint density at radius 2 is 2.27 bits per heavy atom. The van der Waals surface area contributed by atoms with Crippen LogP contribution >= 0.6 is 0 Å². The smallest absolute Gasteiger partial charge is 0.345 e. The molecule has 1 aliphatic rings. The van der Waals surface area contributed by atoms with Gasteiger partial charge in [0.05, 0.1) is 6.10 Å². The highest BCUT2D eigenvalue weighted by Crippen LogP contribution is 2.14. The fourth-order valence-electron chi connectivity index (χ4n) is 2.70. The molecule has 6 heteroatoms. The molecule has 6 nitrogen and oxygen atoms in total. The van der Waals surface area contributed by atoms with E-state index in [1.807, 2.05) is 0 Å². The molecule has 2 rings (SSSR count). The summed E-state index contributed by atoms with van der Waals surface area (Å²) in [5.74, 6) is 0.166. The summed E-state index contributed by atoms with van der Waals surface area (Å²) in [6.45, 7) is 5.42. The lowest BCUT2D eigenvalue weighted by Crippen LogP contribution is -2.38. The van der Waals surface area contributed by atoms with E-state index in [-0.39, 0.29) is 17.7 Å². The number of likely N-dealkylation sites (N-methyl/N-ethyl adjacent to an activating group) is 1. The van der Waals surface area contributed by atoms with Gasteiger partial charge in [-0.1, -0.05) is 13.8 Å². The van der Waals surface area contributed by atoms with E-state index in [0.717, 1.165) is 31.6 Å². The van der Waals surface area contributed by atoms with Crippen molar-refractivity contribution < 1.29 is 9.53 Å². The number of aromatic nitrogens is 2. The van der Waals surface area contributed by atoms with E-state index in [9.17, 15) is 9.59 Å². The molecule has 0 saturated carbocycles. The Kier molecular flexibility index (Phi) is 5.71. The average molecular weight is 307 g/mol. The van der Waals surface area contributed by atoms with E-state index in [0.29, 0.717) is 18.9 Å². The van der Waals surface area contributed by atoms with Crippen LogP contribution in [0, 0.1) is 5.92 Å². The minimum atomic E-state index is -0.469. The summed E-state index contributed by atoms with van der Waals surface area (Å²) in [6.07, 6.45) is 3.99. The maximum absolute atomic E-state index is 12.5. The van der Waals surface area contributed by atoms with Gasteiger partial charge in [-0.3, -0.25) is 4.79 Å². The first-order valence-corrected chi connectivity index (χ1v) is 7.93. The maximum atomic E-state index is 12.5. The molecule has 0 spiro atoms. The molecule has 0 unspecified atom stereocenters. The number of carbonyl (C=O) groups excluding carboxylic acids is 1. The first-order valence-electron chi connectivity index (χ1n) is 7.93. The van der Waals surface area contributed by atoms with Gasteiger partial charge in [-0.15, -0.1) is 0 Å². The second-order valence-electron chi connectivity index (χ2n) is 6.37. The van der Waals surface area contributed by atoms with Crippen LogP contribution in [0.3, 0.4) is 0 Å². The minimum Gasteiger partial charge on any atom is -0.376 e. The summed E-state index contributed by atoms with van der Waals surface area (Å²) in [6, 6.07) is 1.68. The van der Waals surface area contributed by atoms with Crippen molar-refractivity contribution in [2.45, 2.75) is 45.6 Å². The molecule has 0 aliphatic carbocycles. The van der Waals surface area contributed by atoms with Gasteiger partial charge in [-0.25, -0.2) is 4.79 Å². The molecule has 0 radical (unpaired) electrons. The number of H-pyrrole nitrogens is 1. The van der Waals surface area contributed by atoms with Crippen molar-refractivity contribution >= 4 is 5.91 Å². The van der Waals surface area contributed by atoms with Crippen LogP contribution in [0.4, 0.5) is 0 Å². The normalized spacial score (nSPS) is 18.5. The Bertz CT molecular complexity index is 562. The van der Waals surface area contributed by atoms with Crippen molar-refractivity contribution in [2.75, 3.05) is 20.2 Å². The molecule has 1 aliphatic heterocycles. The molecule has 1 fully saturated rings. The Morgan fingerprint density at radius 1 is 1.50 bits per heavy atom. The number of aromatic amines is 1. The van der Waals surface area contributed by atoms with E-state index in [1.54, 1.807) is 18.0 Å². The predicted molar refractivity (Wildman–Crippen MR) is 84.0 cm³/mol. The zero-order valence-corrected chi connectivity index (χ0v) is 13.6. The van der Waals surface area contributed by atoms with Crippen molar-refractivity contribution in [3.8, 4) is 0 Å². The van der Waals surface area contributed by atoms with Gasteiger partial charge in [-0.2, -0.15) is 4.98 Å². The lowest BCUT2D eigenvalue weighted by atomic mass is 10.1. The van der Waals surface area contributed by atoms with Gasteiger partial charge < -0.3 is 14.6 Å². The minimum absolute atomic E-state index is 0.0832. The Morgan fingerprint density at radius 3 is 2.91 bits per heavy atom. The number of hydrogen-bond acceptors (Lipinski definition) is 4. The number of nitrogens with one attached hydrogen (secondary N) is 1. The largest absolute Gasteiger partial charge is 0.376 e. The summed E-state index contributed by atoms with van der Waals surface area (Å²) < 4.78 is 5.65. The summed E-state index contributed by atoms with van der Waals surface area (Å²) in [5.41, 5.74) is 0.488. The Hall–Kier alpha value is -1.69. The topological polar surface area (TPSA) is 75.3 Å². The molecule has 1 saturated heterocycles. The van der Waals surface area contributed by atoms with Crippen molar-refractivity contribution in [1.29, 1.82) is 0 Å². The molecule has 2 heterocycles. The van der Waals surface area contributed by atoms with Gasteiger partial charge >= 0.3 is 5.69 Å². The third-order valence-corrected chi connectivity index (χ3v) is 3.75. The predicted octanol–water partition coefficient (Wildman–Crippen LogP) is 1.61. The van der Waals surface area contributed by atoms with Crippen LogP contribution in [0.15, 0.2) is 10.9 Å². The van der Waals surface area contributed by atoms with Crippen molar-refractivity contribution in [3.63, 3.8) is 0 Å². The van der Waals surface area contributed by atoms with Crippen LogP contribution in [0.1, 0.15) is 49.3 Å². The average Bonchev–Trinajstić information content (AvgIpc) is 2.46. The zero-order chi connectivity index (χ0) is 16.1. The van der Waals surface area contributed by atoms with Gasteiger partial charge in [0.1, 0.15) is 5.69 Å². The van der Waals surface area contributed by atoms with E-state index < -0.39 is 5.69 Å². The SMILES string of the molecule is CC(C)Cc1cc(C(=O)N(C)C[C@H]2CCCCO2)nc(=O)[nH]1. The highest BCUT2D eigenvalue weighted by molar-refractivity contribution is 5.92. The molecule has 1 aromatic heterocycles. The summed E-state index contributed by atoms with van der Waals surface area (Å²) in [4.78, 5) is 32.2. The van der Waals surface area contributed by atoms with Gasteiger partial charge in [-0.05, 0) is 37.7 Å². The molecule has 22 heavy (non-hydrogen) atoms. The molecule has 1 N–H and O–H groups in total. The Labute approximate surface area is 130 Å². The molecule has 1 atom stereocenters. The van der Waals surface area contributed by atoms with Gasteiger partial charge in [0.2, 0.25) is 0 Å². The van der Waals surface area contributed by atoms with Crippen LogP contribution in [0.5, 0.6) is 0 Å². The van der Waals surface area contributed by atoms with E-state index in [1.165, 1.54) is 0 Å².